The van der Waals surface area contributed by atoms with E-state index >= 15 is 0 Å². The number of aliphatic carboxylic acids is 1. The van der Waals surface area contributed by atoms with Crippen LogP contribution in [0.15, 0.2) is 79.1 Å². The van der Waals surface area contributed by atoms with Gasteiger partial charge in [0, 0.05) is 29.6 Å². The average molecular weight is 613 g/mol. The van der Waals surface area contributed by atoms with Gasteiger partial charge in [-0.2, -0.15) is 11.8 Å². The van der Waals surface area contributed by atoms with Gasteiger partial charge >= 0.3 is 35.5 Å². The number of thioether (sulfide) groups is 1. The predicted molar refractivity (Wildman–Crippen MR) is 170 cm³/mol. The second-order valence-corrected chi connectivity index (χ2v) is 10.6. The molecular weight excluding hydrogens is 581 g/mol. The number of nitrogens with zero attached hydrogens (tertiary/aromatic N) is 1. The Morgan fingerprint density at radius 1 is 1.02 bits per heavy atom. The number of benzene rings is 3. The first-order valence-corrected chi connectivity index (χ1v) is 14.6. The van der Waals surface area contributed by atoms with Crippen LogP contribution in [-0.2, 0) is 11.4 Å². The van der Waals surface area contributed by atoms with Crippen molar-refractivity contribution < 1.29 is 28.2 Å². The standard InChI is InChI=1S/C33H30F2N2O4S.Na.H/c1-21-5-3-4-6-27(21)29-17-22(8-10-28(29)32(38)37-30(33(39)40)12-14-42-2)7-9-24-19-36-13-11-31(24)41-20-23-15-25(34)18-26(35)16-23;;/h3-11,13,15-19,30H,12,14,20H2,1-2H3,(H,37,38)(H,39,40);;/b9-7+;;. The van der Waals surface area contributed by atoms with Crippen molar-refractivity contribution in [1.29, 1.82) is 0 Å². The van der Waals surface area contributed by atoms with Crippen LogP contribution >= 0.6 is 11.8 Å². The van der Waals surface area contributed by atoms with Crippen molar-refractivity contribution in [1.82, 2.24) is 10.3 Å². The first-order chi connectivity index (χ1) is 20.2. The molecular formula is C33H31F2N2NaO4S. The molecule has 0 aliphatic heterocycles. The molecule has 43 heavy (non-hydrogen) atoms. The van der Waals surface area contributed by atoms with Crippen LogP contribution in [0.1, 0.15) is 39.0 Å². The molecule has 2 N–H and O–H groups in total. The Labute approximate surface area is 275 Å². The van der Waals surface area contributed by atoms with Gasteiger partial charge in [0.1, 0.15) is 30.0 Å². The Kier molecular flexibility index (Phi) is 12.9. The molecule has 1 heterocycles. The molecule has 1 atom stereocenters. The van der Waals surface area contributed by atoms with Crippen LogP contribution in [0.4, 0.5) is 8.78 Å². The number of hydrogen-bond donors (Lipinski definition) is 2. The molecule has 3 aromatic carbocycles. The molecule has 1 unspecified atom stereocenters. The SMILES string of the molecule is CSCCC(NC(=O)c1ccc(/C=C/c2cnccc2OCc2cc(F)cc(F)c2)cc1-c1ccccc1C)C(=O)O.[NaH]. The van der Waals surface area contributed by atoms with Gasteiger partial charge < -0.3 is 15.2 Å². The average Bonchev–Trinajstić information content (AvgIpc) is 2.97. The quantitative estimate of drug-likeness (QED) is 0.181. The Hall–Kier alpha value is -3.50. The third kappa shape index (κ3) is 9.49. The number of carbonyl (C=O) groups excluding carboxylic acids is 1. The summed E-state index contributed by atoms with van der Waals surface area (Å²) in [5.74, 6) is -1.82. The molecule has 0 fully saturated rings. The zero-order chi connectivity index (χ0) is 30.1. The number of carbonyl (C=O) groups is 2. The topological polar surface area (TPSA) is 88.5 Å². The van der Waals surface area contributed by atoms with Crippen LogP contribution in [0.3, 0.4) is 0 Å². The van der Waals surface area contributed by atoms with E-state index in [0.717, 1.165) is 22.8 Å². The number of nitrogens with one attached hydrogen (secondary N) is 1. The van der Waals surface area contributed by atoms with Crippen molar-refractivity contribution in [2.24, 2.45) is 0 Å². The number of hydrogen-bond acceptors (Lipinski definition) is 5. The van der Waals surface area contributed by atoms with Crippen molar-refractivity contribution in [2.45, 2.75) is 26.0 Å². The van der Waals surface area contributed by atoms with Gasteiger partial charge in [-0.15, -0.1) is 0 Å². The number of aromatic nitrogens is 1. The van der Waals surface area contributed by atoms with Gasteiger partial charge in [0.25, 0.3) is 5.91 Å². The second-order valence-electron chi connectivity index (χ2n) is 9.58. The number of amides is 1. The summed E-state index contributed by atoms with van der Waals surface area (Å²) in [5, 5.41) is 12.3. The fourth-order valence-electron chi connectivity index (χ4n) is 4.38. The first-order valence-electron chi connectivity index (χ1n) is 13.2. The summed E-state index contributed by atoms with van der Waals surface area (Å²) in [4.78, 5) is 29.2. The van der Waals surface area contributed by atoms with Gasteiger partial charge in [-0.05, 0) is 89.6 Å². The van der Waals surface area contributed by atoms with Crippen molar-refractivity contribution in [2.75, 3.05) is 12.0 Å². The molecule has 0 saturated carbocycles. The summed E-state index contributed by atoms with van der Waals surface area (Å²) in [5.41, 5.74) is 4.62. The Morgan fingerprint density at radius 2 is 1.77 bits per heavy atom. The van der Waals surface area contributed by atoms with Crippen LogP contribution in [0.2, 0.25) is 0 Å². The van der Waals surface area contributed by atoms with Crippen LogP contribution in [-0.4, -0.2) is 69.6 Å². The summed E-state index contributed by atoms with van der Waals surface area (Å²) in [7, 11) is 0. The maximum atomic E-state index is 13.6. The first kappa shape index (κ1) is 34.0. The minimum absolute atomic E-state index is 0. The van der Waals surface area contributed by atoms with E-state index in [1.54, 1.807) is 36.7 Å². The molecule has 4 aromatic rings. The van der Waals surface area contributed by atoms with Crippen LogP contribution in [0, 0.1) is 18.6 Å². The molecule has 0 aliphatic carbocycles. The van der Waals surface area contributed by atoms with Crippen molar-refractivity contribution in [3.8, 4) is 16.9 Å². The number of carboxylic acids is 1. The fourth-order valence-corrected chi connectivity index (χ4v) is 4.85. The van der Waals surface area contributed by atoms with E-state index in [-0.39, 0.29) is 36.2 Å². The zero-order valence-corrected chi connectivity index (χ0v) is 24.0. The molecule has 0 spiro atoms. The summed E-state index contributed by atoms with van der Waals surface area (Å²) >= 11 is 1.52. The van der Waals surface area contributed by atoms with Gasteiger partial charge in [-0.1, -0.05) is 36.4 Å². The molecule has 0 radical (unpaired) electrons. The monoisotopic (exact) mass is 612 g/mol. The Morgan fingerprint density at radius 3 is 2.47 bits per heavy atom. The summed E-state index contributed by atoms with van der Waals surface area (Å²) in [6.07, 6.45) is 9.01. The van der Waals surface area contributed by atoms with E-state index in [2.05, 4.69) is 10.3 Å². The molecule has 0 aliphatic rings. The van der Waals surface area contributed by atoms with Crippen LogP contribution in [0.5, 0.6) is 5.75 Å². The van der Waals surface area contributed by atoms with Gasteiger partial charge in [-0.25, -0.2) is 13.6 Å². The fraction of sp³-hybridized carbons (Fsp3) is 0.182. The molecule has 218 valence electrons. The summed E-state index contributed by atoms with van der Waals surface area (Å²) < 4.78 is 33.0. The zero-order valence-electron chi connectivity index (χ0n) is 23.1. The van der Waals surface area contributed by atoms with Gasteiger partial charge in [0.05, 0.1) is 0 Å². The van der Waals surface area contributed by atoms with Crippen molar-refractivity contribution in [3.05, 3.63) is 119 Å². The number of pyridine rings is 1. The third-order valence-electron chi connectivity index (χ3n) is 6.52. The number of rotatable bonds is 12. The molecule has 6 nitrogen and oxygen atoms in total. The minimum atomic E-state index is -1.08. The summed E-state index contributed by atoms with van der Waals surface area (Å²) in [6.45, 7) is 1.91. The van der Waals surface area contributed by atoms with Crippen LogP contribution in [0.25, 0.3) is 23.3 Å². The predicted octanol–water partition coefficient (Wildman–Crippen LogP) is 6.37. The molecule has 1 aromatic heterocycles. The van der Waals surface area contributed by atoms with Crippen molar-refractivity contribution in [3.63, 3.8) is 0 Å². The molecule has 4 rings (SSSR count). The van der Waals surface area contributed by atoms with E-state index in [0.29, 0.717) is 40.2 Å². The maximum absolute atomic E-state index is 13.6. The van der Waals surface area contributed by atoms with E-state index in [9.17, 15) is 23.5 Å². The van der Waals surface area contributed by atoms with Crippen LogP contribution < -0.4 is 10.1 Å². The number of halogens is 2. The third-order valence-corrected chi connectivity index (χ3v) is 7.16. The Bertz CT molecular complexity index is 1600. The summed E-state index contributed by atoms with van der Waals surface area (Å²) in [6, 6.07) is 16.9. The van der Waals surface area contributed by atoms with Gasteiger partial charge in [0.2, 0.25) is 0 Å². The van der Waals surface area contributed by atoms with Gasteiger partial charge in [-0.3, -0.25) is 9.78 Å². The van der Waals surface area contributed by atoms with E-state index in [4.69, 9.17) is 4.74 Å². The van der Waals surface area contributed by atoms with Gasteiger partial charge in [0.15, 0.2) is 0 Å². The number of aryl methyl sites for hydroxylation is 1. The van der Waals surface area contributed by atoms with E-state index in [1.165, 1.54) is 23.9 Å². The Balaban J connectivity index is 0.00000506. The molecule has 0 saturated heterocycles. The number of carboxylic acid groups (broad SMARTS) is 1. The van der Waals surface area contributed by atoms with E-state index < -0.39 is 29.6 Å². The number of ether oxygens (including phenoxy) is 1. The second kappa shape index (κ2) is 16.4. The van der Waals surface area contributed by atoms with Crippen molar-refractivity contribution >= 4 is 65.3 Å². The normalized spacial score (nSPS) is 11.5. The molecule has 1 amide bonds. The molecule has 10 heteroatoms. The molecule has 0 bridgehead atoms. The van der Waals surface area contributed by atoms with E-state index in [1.807, 2.05) is 49.6 Å².